The van der Waals surface area contributed by atoms with Gasteiger partial charge in [-0.05, 0) is 40.0 Å². The number of hydrogen-bond acceptors (Lipinski definition) is 7. The zero-order chi connectivity index (χ0) is 28.9. The molecule has 1 fully saturated rings. The maximum Gasteiger partial charge on any atom is 0.410 e. The van der Waals surface area contributed by atoms with E-state index in [4.69, 9.17) is 21.1 Å². The lowest BCUT2D eigenvalue weighted by Crippen LogP contribution is -2.58. The van der Waals surface area contributed by atoms with Gasteiger partial charge in [-0.15, -0.1) is 0 Å². The number of benzene rings is 1. The zero-order valence-corrected chi connectivity index (χ0v) is 24.3. The van der Waals surface area contributed by atoms with Crippen molar-refractivity contribution in [3.63, 3.8) is 0 Å². The molecular weight excluding hydrogens is 539 g/mol. The van der Waals surface area contributed by atoms with Gasteiger partial charge in [0.2, 0.25) is 0 Å². The Morgan fingerprint density at radius 2 is 1.98 bits per heavy atom. The third-order valence-electron chi connectivity index (χ3n) is 7.59. The maximum atomic E-state index is 15.1. The minimum Gasteiger partial charge on any atom is -0.507 e. The first-order valence-electron chi connectivity index (χ1n) is 13.5. The summed E-state index contributed by atoms with van der Waals surface area (Å²) in [6.45, 7) is 10.00. The summed E-state index contributed by atoms with van der Waals surface area (Å²) in [4.78, 5) is 34.4. The first-order chi connectivity index (χ1) is 18.9. The summed E-state index contributed by atoms with van der Waals surface area (Å²) in [7, 11) is 2.03. The molecule has 40 heavy (non-hydrogen) atoms. The number of piperazine rings is 1. The molecule has 216 valence electrons. The number of carbonyl (C=O) groups excluding carboxylic acids is 2. The van der Waals surface area contributed by atoms with Crippen molar-refractivity contribution in [3.8, 4) is 5.75 Å². The standard InChI is InChI=1S/C29H36ClFN4O5/c1-17-13-32(5)10-9-21(17)35-15-19(23-20(31)7-6-8-22(23)36)24(30)26-25(35)27(37)34-12-11-33(14-18(34)16-39-26)28(38)40-29(2,3)4/h6-9,17-18,36H,10-16H2,1-5H3/t17?,18-/m1/s1. The van der Waals surface area contributed by atoms with Crippen LogP contribution in [0.5, 0.6) is 5.75 Å². The Bertz CT molecular complexity index is 1300. The van der Waals surface area contributed by atoms with Crippen molar-refractivity contribution in [1.29, 1.82) is 0 Å². The highest BCUT2D eigenvalue weighted by molar-refractivity contribution is 6.35. The lowest BCUT2D eigenvalue weighted by atomic mass is 9.94. The van der Waals surface area contributed by atoms with Crippen LogP contribution in [0, 0.1) is 11.7 Å². The third-order valence-corrected chi connectivity index (χ3v) is 7.99. The molecular formula is C29H36ClFN4O5. The van der Waals surface area contributed by atoms with Gasteiger partial charge in [-0.3, -0.25) is 4.79 Å². The Morgan fingerprint density at radius 1 is 1.23 bits per heavy atom. The number of fused-ring (bicyclic) bond motifs is 1. The molecule has 1 aromatic rings. The quantitative estimate of drug-likeness (QED) is 0.572. The maximum absolute atomic E-state index is 15.1. The number of ether oxygens (including phenoxy) is 2. The molecule has 0 aromatic heterocycles. The van der Waals surface area contributed by atoms with Gasteiger partial charge in [0.1, 0.15) is 23.8 Å². The number of halogens is 2. The topological polar surface area (TPSA) is 85.8 Å². The van der Waals surface area contributed by atoms with Crippen molar-refractivity contribution >= 4 is 29.2 Å². The molecule has 0 aliphatic carbocycles. The van der Waals surface area contributed by atoms with Crippen LogP contribution in [0.3, 0.4) is 0 Å². The van der Waals surface area contributed by atoms with Crippen molar-refractivity contribution < 1.29 is 28.6 Å². The van der Waals surface area contributed by atoms with E-state index in [1.54, 1.807) is 9.80 Å². The molecule has 2 atom stereocenters. The van der Waals surface area contributed by atoms with Crippen LogP contribution in [0.15, 0.2) is 46.5 Å². The third kappa shape index (κ3) is 5.26. The summed E-state index contributed by atoms with van der Waals surface area (Å²) in [5.41, 5.74) is 0.883. The summed E-state index contributed by atoms with van der Waals surface area (Å²) >= 11 is 6.89. The van der Waals surface area contributed by atoms with Crippen LogP contribution in [0.4, 0.5) is 9.18 Å². The van der Waals surface area contributed by atoms with E-state index >= 15 is 4.39 Å². The zero-order valence-electron chi connectivity index (χ0n) is 23.5. The van der Waals surface area contributed by atoms with Crippen LogP contribution in [0.25, 0.3) is 5.57 Å². The predicted molar refractivity (Wildman–Crippen MR) is 149 cm³/mol. The van der Waals surface area contributed by atoms with Crippen LogP contribution < -0.4 is 0 Å². The highest BCUT2D eigenvalue weighted by Crippen LogP contribution is 2.44. The monoisotopic (exact) mass is 574 g/mol. The van der Waals surface area contributed by atoms with E-state index in [2.05, 4.69) is 17.9 Å². The molecule has 4 aliphatic rings. The Balaban J connectivity index is 1.55. The number of allylic oxidation sites excluding steroid dienone is 1. The highest BCUT2D eigenvalue weighted by atomic mass is 35.5. The lowest BCUT2D eigenvalue weighted by Gasteiger charge is -2.42. The Labute approximate surface area is 239 Å². The fraction of sp³-hybridized carbons (Fsp3) is 0.517. The van der Waals surface area contributed by atoms with Crippen LogP contribution in [-0.4, -0.2) is 101 Å². The van der Waals surface area contributed by atoms with E-state index in [0.717, 1.165) is 12.2 Å². The molecule has 4 aliphatic heterocycles. The summed E-state index contributed by atoms with van der Waals surface area (Å²) in [6.07, 6.45) is 1.62. The summed E-state index contributed by atoms with van der Waals surface area (Å²) in [5, 5.41) is 10.7. The number of hydrogen-bond donors (Lipinski definition) is 1. The molecule has 9 nitrogen and oxygen atoms in total. The summed E-state index contributed by atoms with van der Waals surface area (Å²) in [5.74, 6) is -0.902. The molecule has 0 spiro atoms. The predicted octanol–water partition coefficient (Wildman–Crippen LogP) is 3.95. The first kappa shape index (κ1) is 28.3. The van der Waals surface area contributed by atoms with Crippen LogP contribution >= 0.6 is 11.6 Å². The number of phenols is 1. The Morgan fingerprint density at radius 3 is 2.65 bits per heavy atom. The van der Waals surface area contributed by atoms with Gasteiger partial charge in [0, 0.05) is 49.9 Å². The minimum absolute atomic E-state index is 0.0145. The number of phenolic OH excluding ortho intramolecular Hbond substituents is 1. The van der Waals surface area contributed by atoms with Gasteiger partial charge >= 0.3 is 6.09 Å². The first-order valence-corrected chi connectivity index (χ1v) is 13.9. The van der Waals surface area contributed by atoms with Crippen molar-refractivity contribution in [1.82, 2.24) is 19.6 Å². The molecule has 2 amide bonds. The number of amides is 2. The molecule has 0 saturated carbocycles. The molecule has 4 heterocycles. The van der Waals surface area contributed by atoms with Gasteiger partial charge in [0.15, 0.2) is 11.5 Å². The molecule has 11 heteroatoms. The van der Waals surface area contributed by atoms with Crippen LogP contribution in [0.2, 0.25) is 0 Å². The largest absolute Gasteiger partial charge is 0.507 e. The van der Waals surface area contributed by atoms with Gasteiger partial charge < -0.3 is 34.2 Å². The second-order valence-electron chi connectivity index (χ2n) is 11.8. The molecule has 1 aromatic carbocycles. The smallest absolute Gasteiger partial charge is 0.410 e. The van der Waals surface area contributed by atoms with Crippen molar-refractivity contribution in [3.05, 3.63) is 57.8 Å². The van der Waals surface area contributed by atoms with E-state index in [1.807, 2.05) is 32.7 Å². The molecule has 1 N–H and O–H groups in total. The Hall–Kier alpha value is -3.24. The minimum atomic E-state index is -0.642. The fourth-order valence-corrected chi connectivity index (χ4v) is 6.07. The van der Waals surface area contributed by atoms with E-state index in [9.17, 15) is 14.7 Å². The van der Waals surface area contributed by atoms with Crippen LogP contribution in [-0.2, 0) is 14.3 Å². The van der Waals surface area contributed by atoms with Gasteiger partial charge in [0.25, 0.3) is 5.91 Å². The van der Waals surface area contributed by atoms with E-state index < -0.39 is 23.6 Å². The Kier molecular flexibility index (Phi) is 7.52. The molecule has 1 unspecified atom stereocenters. The fourth-order valence-electron chi connectivity index (χ4n) is 5.77. The average Bonchev–Trinajstić information content (AvgIpc) is 3.01. The summed E-state index contributed by atoms with van der Waals surface area (Å²) < 4.78 is 26.9. The second-order valence-corrected chi connectivity index (χ2v) is 12.2. The number of aromatic hydroxyl groups is 1. The van der Waals surface area contributed by atoms with Crippen molar-refractivity contribution in [2.75, 3.05) is 52.9 Å². The van der Waals surface area contributed by atoms with Gasteiger partial charge in [0.05, 0.1) is 23.2 Å². The molecule has 0 radical (unpaired) electrons. The van der Waals surface area contributed by atoms with Crippen molar-refractivity contribution in [2.24, 2.45) is 5.92 Å². The molecule has 0 bridgehead atoms. The van der Waals surface area contributed by atoms with E-state index in [1.165, 1.54) is 18.2 Å². The van der Waals surface area contributed by atoms with Gasteiger partial charge in [-0.25, -0.2) is 9.18 Å². The number of rotatable bonds is 2. The lowest BCUT2D eigenvalue weighted by molar-refractivity contribution is -0.133. The summed E-state index contributed by atoms with van der Waals surface area (Å²) in [6, 6.07) is 3.67. The average molecular weight is 575 g/mol. The highest BCUT2D eigenvalue weighted by Gasteiger charge is 2.45. The molecule has 1 saturated heterocycles. The second kappa shape index (κ2) is 10.6. The number of carbonyl (C=O) groups is 2. The number of nitrogens with zero attached hydrogens (tertiary/aromatic N) is 4. The van der Waals surface area contributed by atoms with Gasteiger partial charge in [-0.1, -0.05) is 30.7 Å². The van der Waals surface area contributed by atoms with Crippen molar-refractivity contribution in [2.45, 2.75) is 39.3 Å². The molecule has 5 rings (SSSR count). The van der Waals surface area contributed by atoms with Crippen LogP contribution in [0.1, 0.15) is 33.3 Å². The SMILES string of the molecule is CC1CN(C)CC=C1N1CC(c2c(O)cccc2F)=C(Cl)C2=C1C(=O)N1CCN(C(=O)OC(C)(C)C)C[C@@H]1CO2. The number of likely N-dealkylation sites (N-methyl/N-ethyl adjacent to an activating group) is 1. The normalized spacial score (nSPS) is 24.3. The van der Waals surface area contributed by atoms with E-state index in [-0.39, 0.29) is 53.6 Å². The van der Waals surface area contributed by atoms with E-state index in [0.29, 0.717) is 30.9 Å². The van der Waals surface area contributed by atoms with Gasteiger partial charge in [-0.2, -0.15) is 0 Å².